The minimum atomic E-state index is -1.56. The molecule has 5 heteroatoms. The molecule has 2 rings (SSSR count). The van der Waals surface area contributed by atoms with Crippen LogP contribution in [0.1, 0.15) is 18.4 Å². The van der Waals surface area contributed by atoms with E-state index in [-0.39, 0.29) is 18.6 Å². The molecule has 0 bridgehead atoms. The molecule has 1 unspecified atom stereocenters. The molecule has 1 aromatic rings. The summed E-state index contributed by atoms with van der Waals surface area (Å²) >= 11 is 0. The molecule has 1 saturated heterocycles. The van der Waals surface area contributed by atoms with Crippen molar-refractivity contribution >= 4 is 0 Å². The van der Waals surface area contributed by atoms with Gasteiger partial charge in [0, 0.05) is 12.2 Å². The summed E-state index contributed by atoms with van der Waals surface area (Å²) in [6, 6.07) is 1.86. The molecule has 0 saturated carbocycles. The van der Waals surface area contributed by atoms with Crippen molar-refractivity contribution in [3.05, 3.63) is 35.1 Å². The van der Waals surface area contributed by atoms with Gasteiger partial charge in [0.15, 0.2) is 17.5 Å². The normalized spacial score (nSPS) is 25.8. The van der Waals surface area contributed by atoms with E-state index in [4.69, 9.17) is 4.74 Å². The summed E-state index contributed by atoms with van der Waals surface area (Å²) in [6.07, 6.45) is 0.823. The predicted molar refractivity (Wildman–Crippen MR) is 50.3 cm³/mol. The Labute approximate surface area is 90.7 Å². The molecule has 0 amide bonds. The smallest absolute Gasteiger partial charge is 0.194 e. The fraction of sp³-hybridized carbons (Fsp3) is 0.455. The highest BCUT2D eigenvalue weighted by Crippen LogP contribution is 2.33. The highest BCUT2D eigenvalue weighted by Gasteiger charge is 2.36. The highest BCUT2D eigenvalue weighted by atomic mass is 19.2. The molecular formula is C11H11F3O2. The molecule has 1 fully saturated rings. The van der Waals surface area contributed by atoms with Crippen molar-refractivity contribution in [2.24, 2.45) is 0 Å². The van der Waals surface area contributed by atoms with Crippen molar-refractivity contribution < 1.29 is 23.0 Å². The first-order chi connectivity index (χ1) is 7.54. The molecule has 88 valence electrons. The van der Waals surface area contributed by atoms with Gasteiger partial charge in [0.2, 0.25) is 0 Å². The van der Waals surface area contributed by atoms with Crippen LogP contribution in [0.3, 0.4) is 0 Å². The van der Waals surface area contributed by atoms with Crippen LogP contribution in [-0.4, -0.2) is 18.3 Å². The summed E-state index contributed by atoms with van der Waals surface area (Å²) in [5.41, 5.74) is -1.80. The van der Waals surface area contributed by atoms with Crippen molar-refractivity contribution in [1.29, 1.82) is 0 Å². The van der Waals surface area contributed by atoms with Crippen molar-refractivity contribution in [3.8, 4) is 0 Å². The third kappa shape index (κ3) is 1.81. The van der Waals surface area contributed by atoms with Crippen LogP contribution in [0.15, 0.2) is 12.1 Å². The van der Waals surface area contributed by atoms with Crippen LogP contribution in [0.5, 0.6) is 0 Å². The van der Waals surface area contributed by atoms with Crippen LogP contribution < -0.4 is 0 Å². The van der Waals surface area contributed by atoms with E-state index < -0.39 is 23.1 Å². The van der Waals surface area contributed by atoms with Gasteiger partial charge in [0.05, 0.1) is 6.61 Å². The lowest BCUT2D eigenvalue weighted by atomic mass is 9.88. The highest BCUT2D eigenvalue weighted by molar-refractivity contribution is 5.26. The topological polar surface area (TPSA) is 29.5 Å². The van der Waals surface area contributed by atoms with Gasteiger partial charge < -0.3 is 9.84 Å². The maximum Gasteiger partial charge on any atom is 0.194 e. The quantitative estimate of drug-likeness (QED) is 0.751. The monoisotopic (exact) mass is 232 g/mol. The van der Waals surface area contributed by atoms with Crippen LogP contribution in [0.2, 0.25) is 0 Å². The molecule has 0 radical (unpaired) electrons. The zero-order valence-corrected chi connectivity index (χ0v) is 8.47. The molecule has 1 heterocycles. The second-order valence-corrected chi connectivity index (χ2v) is 3.91. The third-order valence-electron chi connectivity index (χ3n) is 2.76. The Balaban J connectivity index is 2.43. The summed E-state index contributed by atoms with van der Waals surface area (Å²) in [5.74, 6) is -4.16. The van der Waals surface area contributed by atoms with E-state index in [0.29, 0.717) is 13.0 Å². The number of hydrogen-bond donors (Lipinski definition) is 1. The van der Waals surface area contributed by atoms with Crippen molar-refractivity contribution in [2.75, 3.05) is 13.2 Å². The number of rotatable bonds is 1. The zero-order chi connectivity index (χ0) is 11.8. The molecule has 1 aliphatic heterocycles. The molecule has 0 aliphatic carbocycles. The van der Waals surface area contributed by atoms with Gasteiger partial charge in [0.25, 0.3) is 0 Å². The molecule has 1 atom stereocenters. The lowest BCUT2D eigenvalue weighted by Crippen LogP contribution is -2.37. The predicted octanol–water partition coefficient (Wildman–Crippen LogP) is 2.10. The number of benzene rings is 1. The first kappa shape index (κ1) is 11.4. The van der Waals surface area contributed by atoms with Gasteiger partial charge in [-0.15, -0.1) is 0 Å². The Bertz CT molecular complexity index is 400. The van der Waals surface area contributed by atoms with Crippen LogP contribution >= 0.6 is 0 Å². The number of aliphatic hydroxyl groups is 1. The Hall–Kier alpha value is -1.07. The van der Waals surface area contributed by atoms with E-state index in [1.165, 1.54) is 0 Å². The average molecular weight is 232 g/mol. The number of hydrogen-bond acceptors (Lipinski definition) is 2. The maximum atomic E-state index is 13.5. The van der Waals surface area contributed by atoms with Crippen molar-refractivity contribution in [1.82, 2.24) is 0 Å². The van der Waals surface area contributed by atoms with Crippen LogP contribution in [0, 0.1) is 17.5 Å². The van der Waals surface area contributed by atoms with Crippen LogP contribution in [0.25, 0.3) is 0 Å². The Morgan fingerprint density at radius 1 is 1.19 bits per heavy atom. The maximum absolute atomic E-state index is 13.5. The van der Waals surface area contributed by atoms with Gasteiger partial charge in [-0.05, 0) is 25.0 Å². The average Bonchev–Trinajstić information content (AvgIpc) is 2.27. The summed E-state index contributed by atoms with van der Waals surface area (Å²) in [4.78, 5) is 0. The van der Waals surface area contributed by atoms with Gasteiger partial charge in [-0.1, -0.05) is 0 Å². The van der Waals surface area contributed by atoms with Crippen LogP contribution in [-0.2, 0) is 10.3 Å². The van der Waals surface area contributed by atoms with E-state index in [9.17, 15) is 18.3 Å². The molecule has 0 spiro atoms. The second-order valence-electron chi connectivity index (χ2n) is 3.91. The fourth-order valence-electron chi connectivity index (χ4n) is 1.88. The van der Waals surface area contributed by atoms with Gasteiger partial charge in [-0.2, -0.15) is 0 Å². The second kappa shape index (κ2) is 4.07. The van der Waals surface area contributed by atoms with E-state index >= 15 is 0 Å². The van der Waals surface area contributed by atoms with Crippen LogP contribution in [0.4, 0.5) is 13.2 Å². The Kier molecular flexibility index (Phi) is 2.90. The van der Waals surface area contributed by atoms with Crippen molar-refractivity contribution in [3.63, 3.8) is 0 Å². The summed E-state index contributed by atoms with van der Waals surface area (Å²) in [6.45, 7) is 0.378. The first-order valence-corrected chi connectivity index (χ1v) is 4.99. The van der Waals surface area contributed by atoms with E-state index in [1.807, 2.05) is 0 Å². The largest absolute Gasteiger partial charge is 0.383 e. The molecule has 1 N–H and O–H groups in total. The standard InChI is InChI=1S/C11H11F3O2/c12-8-3-2-7(9(13)10(8)14)11(15)4-1-5-16-6-11/h2-3,15H,1,4-6H2. The molecule has 2 nitrogen and oxygen atoms in total. The lowest BCUT2D eigenvalue weighted by molar-refractivity contribution is -0.0924. The fourth-order valence-corrected chi connectivity index (χ4v) is 1.88. The van der Waals surface area contributed by atoms with Gasteiger partial charge in [-0.25, -0.2) is 13.2 Å². The zero-order valence-electron chi connectivity index (χ0n) is 8.47. The van der Waals surface area contributed by atoms with E-state index in [2.05, 4.69) is 0 Å². The number of halogens is 3. The summed E-state index contributed by atoms with van der Waals surface area (Å²) < 4.78 is 44.2. The van der Waals surface area contributed by atoms with Gasteiger partial charge in [-0.3, -0.25) is 0 Å². The van der Waals surface area contributed by atoms with Gasteiger partial charge in [0.1, 0.15) is 5.60 Å². The third-order valence-corrected chi connectivity index (χ3v) is 2.76. The van der Waals surface area contributed by atoms with Gasteiger partial charge >= 0.3 is 0 Å². The minimum Gasteiger partial charge on any atom is -0.383 e. The van der Waals surface area contributed by atoms with Crippen molar-refractivity contribution in [2.45, 2.75) is 18.4 Å². The lowest BCUT2D eigenvalue weighted by Gasteiger charge is -2.32. The number of ether oxygens (including phenoxy) is 1. The van der Waals surface area contributed by atoms with E-state index in [0.717, 1.165) is 12.1 Å². The molecule has 0 aromatic heterocycles. The summed E-state index contributed by atoms with van der Waals surface area (Å²) in [5, 5.41) is 10.1. The summed E-state index contributed by atoms with van der Waals surface area (Å²) in [7, 11) is 0. The molecule has 1 aliphatic rings. The molecular weight excluding hydrogens is 221 g/mol. The molecule has 1 aromatic carbocycles. The van der Waals surface area contributed by atoms with E-state index in [1.54, 1.807) is 0 Å². The first-order valence-electron chi connectivity index (χ1n) is 4.99. The molecule has 16 heavy (non-hydrogen) atoms. The Morgan fingerprint density at radius 2 is 1.94 bits per heavy atom. The minimum absolute atomic E-state index is 0.102. The Morgan fingerprint density at radius 3 is 2.56 bits per heavy atom. The SMILES string of the molecule is OC1(c2ccc(F)c(F)c2F)CCCOC1.